The predicted molar refractivity (Wildman–Crippen MR) is 76.1 cm³/mol. The molecular weight excluding hydrogens is 349 g/mol. The number of nitrogens with one attached hydrogen (secondary N) is 1. The number of rotatable bonds is 1. The molecule has 0 amide bonds. The summed E-state index contributed by atoms with van der Waals surface area (Å²) in [7, 11) is 0. The molecule has 0 saturated carbocycles. The van der Waals surface area contributed by atoms with E-state index in [9.17, 15) is 22.0 Å². The van der Waals surface area contributed by atoms with Crippen molar-refractivity contribution in [3.8, 4) is 0 Å². The standard InChI is InChI=1S/C13H10F5N7/c14-8-7(13(16,17)18)5-6-10(9(8)15)20-12(24-3-1-19-2-4-24)25-11(6)21-22-23-25/h5,19H,1-4H2. The summed E-state index contributed by atoms with van der Waals surface area (Å²) in [6.07, 6.45) is -5.05. The molecule has 0 radical (unpaired) electrons. The van der Waals surface area contributed by atoms with E-state index in [1.54, 1.807) is 4.90 Å². The summed E-state index contributed by atoms with van der Waals surface area (Å²) < 4.78 is 68.2. The van der Waals surface area contributed by atoms with Gasteiger partial charge in [0.25, 0.3) is 0 Å². The molecule has 3 aromatic rings. The zero-order valence-electron chi connectivity index (χ0n) is 12.5. The molecule has 0 bridgehead atoms. The highest BCUT2D eigenvalue weighted by Gasteiger charge is 2.37. The fraction of sp³-hybridized carbons (Fsp3) is 0.385. The predicted octanol–water partition coefficient (Wildman–Crippen LogP) is 1.38. The van der Waals surface area contributed by atoms with Gasteiger partial charge >= 0.3 is 6.18 Å². The molecule has 1 aromatic carbocycles. The molecule has 7 nitrogen and oxygen atoms in total. The Morgan fingerprint density at radius 3 is 2.48 bits per heavy atom. The van der Waals surface area contributed by atoms with Gasteiger partial charge in [-0.3, -0.25) is 0 Å². The highest BCUT2D eigenvalue weighted by atomic mass is 19.4. The number of nitrogens with zero attached hydrogens (tertiary/aromatic N) is 6. The van der Waals surface area contributed by atoms with Crippen molar-refractivity contribution in [2.75, 3.05) is 31.1 Å². The number of halogens is 5. The third-order valence-corrected chi connectivity index (χ3v) is 4.00. The van der Waals surface area contributed by atoms with Gasteiger partial charge < -0.3 is 10.2 Å². The molecule has 25 heavy (non-hydrogen) atoms. The molecule has 12 heteroatoms. The molecule has 0 unspecified atom stereocenters. The van der Waals surface area contributed by atoms with Crippen LogP contribution in [-0.2, 0) is 6.18 Å². The Bertz CT molecular complexity index is 961. The van der Waals surface area contributed by atoms with E-state index in [1.807, 2.05) is 0 Å². The highest BCUT2D eigenvalue weighted by Crippen LogP contribution is 2.36. The van der Waals surface area contributed by atoms with E-state index in [4.69, 9.17) is 0 Å². The first-order valence-corrected chi connectivity index (χ1v) is 7.30. The van der Waals surface area contributed by atoms with Crippen molar-refractivity contribution in [2.24, 2.45) is 0 Å². The molecule has 2 aromatic heterocycles. The Morgan fingerprint density at radius 2 is 1.80 bits per heavy atom. The summed E-state index contributed by atoms with van der Waals surface area (Å²) in [5.74, 6) is -3.52. The number of benzene rings is 1. The van der Waals surface area contributed by atoms with Gasteiger partial charge in [0.1, 0.15) is 5.52 Å². The van der Waals surface area contributed by atoms with E-state index in [0.717, 1.165) is 4.52 Å². The molecule has 4 rings (SSSR count). The Morgan fingerprint density at radius 1 is 1.08 bits per heavy atom. The topological polar surface area (TPSA) is 71.2 Å². The third-order valence-electron chi connectivity index (χ3n) is 4.00. The van der Waals surface area contributed by atoms with Crippen molar-refractivity contribution in [2.45, 2.75) is 6.18 Å². The zero-order chi connectivity index (χ0) is 17.8. The molecule has 1 aliphatic heterocycles. The van der Waals surface area contributed by atoms with Gasteiger partial charge in [-0.15, -0.1) is 5.10 Å². The van der Waals surface area contributed by atoms with Crippen LogP contribution >= 0.6 is 0 Å². The molecule has 1 aliphatic rings. The van der Waals surface area contributed by atoms with Crippen LogP contribution in [0.2, 0.25) is 0 Å². The smallest absolute Gasteiger partial charge is 0.338 e. The Labute approximate surface area is 136 Å². The quantitative estimate of drug-likeness (QED) is 0.662. The number of alkyl halides is 3. The van der Waals surface area contributed by atoms with Gasteiger partial charge in [-0.05, 0) is 16.5 Å². The maximum Gasteiger partial charge on any atom is 0.419 e. The van der Waals surface area contributed by atoms with Crippen LogP contribution in [-0.4, -0.2) is 51.2 Å². The van der Waals surface area contributed by atoms with E-state index in [0.29, 0.717) is 32.2 Å². The number of anilines is 1. The zero-order valence-corrected chi connectivity index (χ0v) is 12.5. The van der Waals surface area contributed by atoms with Gasteiger partial charge in [0.15, 0.2) is 17.3 Å². The minimum absolute atomic E-state index is 0.122. The van der Waals surface area contributed by atoms with E-state index in [1.165, 1.54) is 0 Å². The van der Waals surface area contributed by atoms with E-state index in [-0.39, 0.29) is 17.0 Å². The lowest BCUT2D eigenvalue weighted by atomic mass is 10.1. The molecule has 3 heterocycles. The second-order valence-electron chi connectivity index (χ2n) is 5.51. The van der Waals surface area contributed by atoms with E-state index in [2.05, 4.69) is 25.8 Å². The first kappa shape index (κ1) is 15.9. The maximum atomic E-state index is 14.3. The molecule has 1 saturated heterocycles. The van der Waals surface area contributed by atoms with Crippen LogP contribution in [0.1, 0.15) is 5.56 Å². The first-order chi connectivity index (χ1) is 11.9. The SMILES string of the molecule is Fc1c(C(F)(F)F)cc2c(nc(N3CCNCC3)n3nnnc23)c1F. The van der Waals surface area contributed by atoms with Crippen molar-refractivity contribution in [1.29, 1.82) is 0 Å². The number of piperazine rings is 1. The summed E-state index contributed by atoms with van der Waals surface area (Å²) in [4.78, 5) is 5.76. The summed E-state index contributed by atoms with van der Waals surface area (Å²) in [6, 6.07) is 0.480. The van der Waals surface area contributed by atoms with Crippen molar-refractivity contribution in [3.05, 3.63) is 23.3 Å². The van der Waals surface area contributed by atoms with Gasteiger partial charge in [-0.2, -0.15) is 17.7 Å². The normalized spacial score (nSPS) is 16.1. The fourth-order valence-electron chi connectivity index (χ4n) is 2.81. The Kier molecular flexibility index (Phi) is 3.45. The fourth-order valence-corrected chi connectivity index (χ4v) is 2.81. The summed E-state index contributed by atoms with van der Waals surface area (Å²) >= 11 is 0. The molecule has 0 spiro atoms. The number of hydrogen-bond acceptors (Lipinski definition) is 6. The minimum Gasteiger partial charge on any atom is -0.338 e. The van der Waals surface area contributed by atoms with Crippen LogP contribution in [0.5, 0.6) is 0 Å². The van der Waals surface area contributed by atoms with Crippen LogP contribution < -0.4 is 10.2 Å². The van der Waals surface area contributed by atoms with Crippen molar-refractivity contribution in [1.82, 2.24) is 30.3 Å². The van der Waals surface area contributed by atoms with Crippen LogP contribution in [0.3, 0.4) is 0 Å². The van der Waals surface area contributed by atoms with Gasteiger partial charge in [0.05, 0.1) is 10.9 Å². The number of fused-ring (bicyclic) bond motifs is 3. The highest BCUT2D eigenvalue weighted by molar-refractivity contribution is 5.93. The van der Waals surface area contributed by atoms with Gasteiger partial charge in [-0.25, -0.2) is 13.8 Å². The number of tetrazole rings is 1. The Hall–Kier alpha value is -2.63. The average Bonchev–Trinajstić information content (AvgIpc) is 3.07. The number of hydrogen-bond donors (Lipinski definition) is 1. The van der Waals surface area contributed by atoms with E-state index < -0.39 is 28.9 Å². The van der Waals surface area contributed by atoms with Crippen LogP contribution in [0.25, 0.3) is 16.6 Å². The van der Waals surface area contributed by atoms with Crippen LogP contribution in [0.4, 0.5) is 27.9 Å². The van der Waals surface area contributed by atoms with Crippen LogP contribution in [0.15, 0.2) is 6.07 Å². The van der Waals surface area contributed by atoms with Crippen molar-refractivity contribution in [3.63, 3.8) is 0 Å². The van der Waals surface area contributed by atoms with Crippen molar-refractivity contribution < 1.29 is 22.0 Å². The van der Waals surface area contributed by atoms with Gasteiger partial charge in [0.2, 0.25) is 5.95 Å². The summed E-state index contributed by atoms with van der Waals surface area (Å²) in [6.45, 7) is 2.29. The third kappa shape index (κ3) is 2.44. The van der Waals surface area contributed by atoms with Crippen molar-refractivity contribution >= 4 is 22.5 Å². The molecule has 1 N–H and O–H groups in total. The lowest BCUT2D eigenvalue weighted by molar-refractivity contribution is -0.140. The lowest BCUT2D eigenvalue weighted by Gasteiger charge is -2.28. The largest absolute Gasteiger partial charge is 0.419 e. The average molecular weight is 359 g/mol. The van der Waals surface area contributed by atoms with E-state index >= 15 is 0 Å². The first-order valence-electron chi connectivity index (χ1n) is 7.30. The van der Waals surface area contributed by atoms with Gasteiger partial charge in [0, 0.05) is 26.2 Å². The molecular formula is C13H10F5N7. The maximum absolute atomic E-state index is 14.3. The molecule has 132 valence electrons. The second-order valence-corrected chi connectivity index (χ2v) is 5.51. The second kappa shape index (κ2) is 5.44. The Balaban J connectivity index is 2.04. The minimum atomic E-state index is -5.05. The summed E-state index contributed by atoms with van der Waals surface area (Å²) in [5, 5.41) is 13.6. The van der Waals surface area contributed by atoms with Gasteiger partial charge in [-0.1, -0.05) is 0 Å². The molecule has 1 fully saturated rings. The summed E-state index contributed by atoms with van der Waals surface area (Å²) in [5.41, 5.74) is -2.39. The van der Waals surface area contributed by atoms with Crippen LogP contribution in [0, 0.1) is 11.6 Å². The number of aromatic nitrogens is 5. The molecule has 0 atom stereocenters. The molecule has 0 aliphatic carbocycles. The lowest BCUT2D eigenvalue weighted by Crippen LogP contribution is -2.44. The monoisotopic (exact) mass is 359 g/mol.